The van der Waals surface area contributed by atoms with Crippen molar-refractivity contribution >= 4 is 21.6 Å². The lowest BCUT2D eigenvalue weighted by Gasteiger charge is -2.25. The molecule has 0 fully saturated rings. The van der Waals surface area contributed by atoms with Crippen LogP contribution in [0.3, 0.4) is 0 Å². The van der Waals surface area contributed by atoms with Crippen molar-refractivity contribution < 1.29 is 17.9 Å². The quantitative estimate of drug-likeness (QED) is 0.643. The number of alkyl halides is 3. The van der Waals surface area contributed by atoms with Crippen molar-refractivity contribution in [3.63, 3.8) is 0 Å². The molecule has 1 atom stereocenters. The average Bonchev–Trinajstić information content (AvgIpc) is 2.89. The monoisotopic (exact) mass is 383 g/mol. The van der Waals surface area contributed by atoms with Crippen LogP contribution in [0.5, 0.6) is 0 Å². The van der Waals surface area contributed by atoms with E-state index in [-0.39, 0.29) is 0 Å². The van der Waals surface area contributed by atoms with E-state index in [0.717, 1.165) is 22.3 Å². The summed E-state index contributed by atoms with van der Waals surface area (Å²) in [5, 5.41) is 0. The predicted molar refractivity (Wildman–Crippen MR) is 85.6 cm³/mol. The number of allylic oxidation sites excluding steroid dienone is 1. The van der Waals surface area contributed by atoms with Gasteiger partial charge in [0.05, 0.1) is 5.56 Å². The van der Waals surface area contributed by atoms with Gasteiger partial charge in [0.15, 0.2) is 0 Å². The van der Waals surface area contributed by atoms with Crippen molar-refractivity contribution in [3.8, 4) is 0 Å². The van der Waals surface area contributed by atoms with E-state index in [1.807, 2.05) is 42.3 Å². The first-order valence-corrected chi connectivity index (χ1v) is 7.70. The SMILES string of the molecule is CC1=CN(c2ccc(Br)cc2)C(c2ccc(C(F)(F)F)cc2)O1. The number of ether oxygens (including phenoxy) is 1. The lowest BCUT2D eigenvalue weighted by Crippen LogP contribution is -2.20. The molecule has 0 aliphatic carbocycles. The standard InChI is InChI=1S/C17H13BrF3NO/c1-11-10-22(15-8-6-14(18)7-9-15)16(23-11)12-2-4-13(5-3-12)17(19,20)21/h2-10,16H,1H3. The molecule has 1 aliphatic rings. The second kappa shape index (κ2) is 5.92. The summed E-state index contributed by atoms with van der Waals surface area (Å²) in [6.45, 7) is 1.82. The number of hydrogen-bond acceptors (Lipinski definition) is 2. The van der Waals surface area contributed by atoms with Gasteiger partial charge in [0.1, 0.15) is 5.76 Å². The number of benzene rings is 2. The predicted octanol–water partition coefficient (Wildman–Crippen LogP) is 5.86. The fraction of sp³-hybridized carbons (Fsp3) is 0.176. The fourth-order valence-electron chi connectivity index (χ4n) is 2.42. The number of halogens is 4. The molecule has 0 N–H and O–H groups in total. The van der Waals surface area contributed by atoms with Gasteiger partial charge in [0.25, 0.3) is 0 Å². The van der Waals surface area contributed by atoms with E-state index in [4.69, 9.17) is 4.74 Å². The minimum Gasteiger partial charge on any atom is -0.469 e. The van der Waals surface area contributed by atoms with Crippen LogP contribution in [0, 0.1) is 0 Å². The Morgan fingerprint density at radius 2 is 1.61 bits per heavy atom. The lowest BCUT2D eigenvalue weighted by atomic mass is 10.1. The zero-order valence-corrected chi connectivity index (χ0v) is 13.7. The molecule has 0 spiro atoms. The first-order chi connectivity index (χ1) is 10.8. The summed E-state index contributed by atoms with van der Waals surface area (Å²) in [6, 6.07) is 12.7. The van der Waals surface area contributed by atoms with E-state index in [2.05, 4.69) is 15.9 Å². The van der Waals surface area contributed by atoms with Crippen LogP contribution in [-0.4, -0.2) is 0 Å². The van der Waals surface area contributed by atoms with Crippen LogP contribution < -0.4 is 4.90 Å². The Morgan fingerprint density at radius 1 is 1.00 bits per heavy atom. The van der Waals surface area contributed by atoms with E-state index in [0.29, 0.717) is 11.3 Å². The molecular weight excluding hydrogens is 371 g/mol. The normalized spacial score (nSPS) is 17.9. The zero-order chi connectivity index (χ0) is 16.6. The van der Waals surface area contributed by atoms with E-state index in [9.17, 15) is 13.2 Å². The molecule has 0 amide bonds. The maximum absolute atomic E-state index is 12.7. The summed E-state index contributed by atoms with van der Waals surface area (Å²) in [6.07, 6.45) is -2.97. The molecule has 1 unspecified atom stereocenters. The van der Waals surface area contributed by atoms with Crippen LogP contribution in [-0.2, 0) is 10.9 Å². The number of nitrogens with zero attached hydrogens (tertiary/aromatic N) is 1. The van der Waals surface area contributed by atoms with E-state index < -0.39 is 18.0 Å². The molecule has 2 aromatic carbocycles. The van der Waals surface area contributed by atoms with Gasteiger partial charge in [-0.15, -0.1) is 0 Å². The molecular formula is C17H13BrF3NO. The summed E-state index contributed by atoms with van der Waals surface area (Å²) >= 11 is 3.38. The third kappa shape index (κ3) is 3.37. The van der Waals surface area contributed by atoms with E-state index in [1.165, 1.54) is 12.1 Å². The Labute approximate surface area is 140 Å². The van der Waals surface area contributed by atoms with Crippen molar-refractivity contribution in [2.75, 3.05) is 4.90 Å². The summed E-state index contributed by atoms with van der Waals surface area (Å²) in [5.74, 6) is 0.706. The smallest absolute Gasteiger partial charge is 0.416 e. The first-order valence-electron chi connectivity index (χ1n) is 6.91. The van der Waals surface area contributed by atoms with Crippen LogP contribution >= 0.6 is 15.9 Å². The summed E-state index contributed by atoms with van der Waals surface area (Å²) in [4.78, 5) is 1.89. The van der Waals surface area contributed by atoms with Gasteiger partial charge in [-0.05, 0) is 43.3 Å². The summed E-state index contributed by atoms with van der Waals surface area (Å²) < 4.78 is 44.8. The highest BCUT2D eigenvalue weighted by atomic mass is 79.9. The molecule has 0 bridgehead atoms. The van der Waals surface area contributed by atoms with Crippen LogP contribution in [0.4, 0.5) is 18.9 Å². The van der Waals surface area contributed by atoms with Gasteiger partial charge in [0, 0.05) is 21.9 Å². The molecule has 3 rings (SSSR count). The Balaban J connectivity index is 1.90. The summed E-state index contributed by atoms with van der Waals surface area (Å²) in [7, 11) is 0. The highest BCUT2D eigenvalue weighted by Crippen LogP contribution is 2.37. The molecule has 0 saturated carbocycles. The van der Waals surface area contributed by atoms with Crippen molar-refractivity contribution in [2.45, 2.75) is 19.3 Å². The highest BCUT2D eigenvalue weighted by molar-refractivity contribution is 9.10. The van der Waals surface area contributed by atoms with Crippen LogP contribution in [0.1, 0.15) is 24.3 Å². The minimum absolute atomic E-state index is 0.474. The molecule has 2 aromatic rings. The lowest BCUT2D eigenvalue weighted by molar-refractivity contribution is -0.137. The Morgan fingerprint density at radius 3 is 2.17 bits per heavy atom. The number of anilines is 1. The third-order valence-corrected chi connectivity index (χ3v) is 4.05. The molecule has 6 heteroatoms. The molecule has 0 aromatic heterocycles. The van der Waals surface area contributed by atoms with Crippen molar-refractivity contribution in [1.82, 2.24) is 0 Å². The third-order valence-electron chi connectivity index (χ3n) is 3.52. The van der Waals surface area contributed by atoms with Crippen LogP contribution in [0.2, 0.25) is 0 Å². The molecule has 1 heterocycles. The maximum atomic E-state index is 12.7. The van der Waals surface area contributed by atoms with Crippen molar-refractivity contribution in [1.29, 1.82) is 0 Å². The van der Waals surface area contributed by atoms with Gasteiger partial charge in [-0.3, -0.25) is 0 Å². The van der Waals surface area contributed by atoms with Gasteiger partial charge >= 0.3 is 6.18 Å². The van der Waals surface area contributed by atoms with Gasteiger partial charge in [-0.25, -0.2) is 0 Å². The largest absolute Gasteiger partial charge is 0.469 e. The highest BCUT2D eigenvalue weighted by Gasteiger charge is 2.32. The molecule has 0 saturated heterocycles. The molecule has 1 aliphatic heterocycles. The average molecular weight is 384 g/mol. The van der Waals surface area contributed by atoms with Gasteiger partial charge in [0.2, 0.25) is 6.23 Å². The Bertz CT molecular complexity index is 723. The second-order valence-corrected chi connectivity index (χ2v) is 6.13. The van der Waals surface area contributed by atoms with E-state index in [1.54, 1.807) is 0 Å². The molecule has 23 heavy (non-hydrogen) atoms. The maximum Gasteiger partial charge on any atom is 0.416 e. The minimum atomic E-state index is -4.34. The fourth-order valence-corrected chi connectivity index (χ4v) is 2.68. The van der Waals surface area contributed by atoms with E-state index >= 15 is 0 Å². The van der Waals surface area contributed by atoms with Gasteiger partial charge < -0.3 is 9.64 Å². The summed E-state index contributed by atoms with van der Waals surface area (Å²) in [5.41, 5.74) is 0.892. The first kappa shape index (κ1) is 15.9. The Kier molecular flexibility index (Phi) is 4.10. The zero-order valence-electron chi connectivity index (χ0n) is 12.1. The molecule has 120 valence electrons. The topological polar surface area (TPSA) is 12.5 Å². The van der Waals surface area contributed by atoms with Crippen molar-refractivity contribution in [2.24, 2.45) is 0 Å². The second-order valence-electron chi connectivity index (χ2n) is 5.21. The number of rotatable bonds is 2. The molecule has 2 nitrogen and oxygen atoms in total. The van der Waals surface area contributed by atoms with Crippen molar-refractivity contribution in [3.05, 3.63) is 76.1 Å². The van der Waals surface area contributed by atoms with Gasteiger partial charge in [-0.2, -0.15) is 13.2 Å². The number of hydrogen-bond donors (Lipinski definition) is 0. The Hall–Kier alpha value is -1.95. The molecule has 0 radical (unpaired) electrons. The van der Waals surface area contributed by atoms with Crippen LogP contribution in [0.25, 0.3) is 0 Å². The van der Waals surface area contributed by atoms with Crippen LogP contribution in [0.15, 0.2) is 65.0 Å². The van der Waals surface area contributed by atoms with Gasteiger partial charge in [-0.1, -0.05) is 28.1 Å².